The predicted molar refractivity (Wildman–Crippen MR) is 97.8 cm³/mol. The Labute approximate surface area is 151 Å². The van der Waals surface area contributed by atoms with Crippen molar-refractivity contribution in [1.29, 1.82) is 10.8 Å². The molecule has 8 nitrogen and oxygen atoms in total. The Morgan fingerprint density at radius 2 is 1.31 bits per heavy atom. The van der Waals surface area contributed by atoms with Gasteiger partial charge in [-0.1, -0.05) is 0 Å². The standard InChI is InChI=1S/C18H22N6O2/c19-17(20)11-4-6-15(23-9-11)25-13-2-1-3-14(8-13)26-16-7-5-12(10-24-16)18(21)22/h4-7,9-10,13-14H,1-3,8H2,(H3,19,20)(H3,21,22)/t13-,14+. The van der Waals surface area contributed by atoms with Gasteiger partial charge >= 0.3 is 0 Å². The second kappa shape index (κ2) is 7.81. The van der Waals surface area contributed by atoms with E-state index in [0.717, 1.165) is 25.7 Å². The Balaban J connectivity index is 1.56. The maximum absolute atomic E-state index is 7.38. The molecule has 0 saturated heterocycles. The molecule has 2 aromatic heterocycles. The van der Waals surface area contributed by atoms with Gasteiger partial charge in [0.05, 0.1) is 0 Å². The highest BCUT2D eigenvalue weighted by atomic mass is 16.5. The number of pyridine rings is 2. The molecule has 2 atom stereocenters. The molecule has 0 amide bonds. The second-order valence-electron chi connectivity index (χ2n) is 6.24. The van der Waals surface area contributed by atoms with E-state index in [1.54, 1.807) is 24.3 Å². The maximum Gasteiger partial charge on any atom is 0.213 e. The number of amidine groups is 2. The Morgan fingerprint density at radius 1 is 0.846 bits per heavy atom. The van der Waals surface area contributed by atoms with Gasteiger partial charge in [-0.15, -0.1) is 0 Å². The first-order valence-electron chi connectivity index (χ1n) is 8.45. The third-order valence-corrected chi connectivity index (χ3v) is 4.25. The lowest BCUT2D eigenvalue weighted by atomic mass is 9.95. The number of hydrogen-bond acceptors (Lipinski definition) is 6. The predicted octanol–water partition coefficient (Wildman–Crippen LogP) is 1.81. The molecule has 136 valence electrons. The van der Waals surface area contributed by atoms with Gasteiger partial charge < -0.3 is 20.9 Å². The normalized spacial score (nSPS) is 19.5. The van der Waals surface area contributed by atoms with Crippen molar-refractivity contribution >= 4 is 11.7 Å². The highest BCUT2D eigenvalue weighted by Crippen LogP contribution is 2.26. The first kappa shape index (κ1) is 17.7. The summed E-state index contributed by atoms with van der Waals surface area (Å²) in [7, 11) is 0. The zero-order valence-electron chi connectivity index (χ0n) is 14.3. The number of nitrogens with zero attached hydrogens (tertiary/aromatic N) is 2. The molecule has 8 heteroatoms. The number of nitrogens with one attached hydrogen (secondary N) is 2. The summed E-state index contributed by atoms with van der Waals surface area (Å²) in [5, 5.41) is 14.8. The number of aromatic nitrogens is 2. The third-order valence-electron chi connectivity index (χ3n) is 4.25. The Bertz CT molecular complexity index is 710. The minimum absolute atomic E-state index is 0.0147. The molecule has 0 aliphatic heterocycles. The Morgan fingerprint density at radius 3 is 1.65 bits per heavy atom. The van der Waals surface area contributed by atoms with Gasteiger partial charge in [0.2, 0.25) is 11.8 Å². The average Bonchev–Trinajstić information content (AvgIpc) is 2.63. The molecule has 0 radical (unpaired) electrons. The lowest BCUT2D eigenvalue weighted by molar-refractivity contribution is 0.0629. The number of nitrogen functional groups attached to an aromatic ring is 2. The smallest absolute Gasteiger partial charge is 0.213 e. The van der Waals surface area contributed by atoms with Gasteiger partial charge in [0, 0.05) is 42.1 Å². The summed E-state index contributed by atoms with van der Waals surface area (Å²) in [5.74, 6) is 1.01. The SMILES string of the molecule is N=C(N)c1ccc(O[C@@H]2CCC[C@H](Oc3ccc(C(=N)N)cn3)C2)nc1. The maximum atomic E-state index is 7.38. The van der Waals surface area contributed by atoms with Crippen LogP contribution in [-0.2, 0) is 0 Å². The van der Waals surface area contributed by atoms with Crippen molar-refractivity contribution in [1.82, 2.24) is 9.97 Å². The molecule has 2 aromatic rings. The summed E-state index contributed by atoms with van der Waals surface area (Å²) in [4.78, 5) is 8.40. The molecule has 0 aromatic carbocycles. The molecule has 1 fully saturated rings. The zero-order valence-corrected chi connectivity index (χ0v) is 14.3. The highest BCUT2D eigenvalue weighted by molar-refractivity contribution is 5.95. The van der Waals surface area contributed by atoms with Gasteiger partial charge in [-0.2, -0.15) is 0 Å². The van der Waals surface area contributed by atoms with E-state index in [-0.39, 0.29) is 23.9 Å². The summed E-state index contributed by atoms with van der Waals surface area (Å²) >= 11 is 0. The van der Waals surface area contributed by atoms with Gasteiger partial charge in [0.15, 0.2) is 0 Å². The van der Waals surface area contributed by atoms with Crippen LogP contribution in [0.25, 0.3) is 0 Å². The van der Waals surface area contributed by atoms with Crippen LogP contribution in [0.5, 0.6) is 11.8 Å². The molecule has 0 unspecified atom stereocenters. The average molecular weight is 354 g/mol. The second-order valence-corrected chi connectivity index (χ2v) is 6.24. The molecule has 2 heterocycles. The van der Waals surface area contributed by atoms with Crippen LogP contribution in [-0.4, -0.2) is 33.8 Å². The minimum atomic E-state index is -0.0153. The fraction of sp³-hybridized carbons (Fsp3) is 0.333. The summed E-state index contributed by atoms with van der Waals surface area (Å²) < 4.78 is 11.9. The molecule has 1 aliphatic carbocycles. The molecule has 0 bridgehead atoms. The molecule has 1 aliphatic rings. The molecule has 1 saturated carbocycles. The van der Waals surface area contributed by atoms with Crippen molar-refractivity contribution in [3.63, 3.8) is 0 Å². The monoisotopic (exact) mass is 354 g/mol. The summed E-state index contributed by atoms with van der Waals surface area (Å²) in [5.41, 5.74) is 12.0. The first-order valence-corrected chi connectivity index (χ1v) is 8.45. The number of ether oxygens (including phenoxy) is 2. The topological polar surface area (TPSA) is 144 Å². The van der Waals surface area contributed by atoms with Crippen LogP contribution in [0.1, 0.15) is 36.8 Å². The van der Waals surface area contributed by atoms with Gasteiger partial charge in [-0.25, -0.2) is 9.97 Å². The van der Waals surface area contributed by atoms with E-state index in [2.05, 4.69) is 9.97 Å². The van der Waals surface area contributed by atoms with E-state index in [1.807, 2.05) is 0 Å². The van der Waals surface area contributed by atoms with Crippen molar-refractivity contribution in [2.75, 3.05) is 0 Å². The van der Waals surface area contributed by atoms with E-state index in [1.165, 1.54) is 12.4 Å². The van der Waals surface area contributed by atoms with Crippen LogP contribution in [0.2, 0.25) is 0 Å². The number of nitrogens with two attached hydrogens (primary N) is 2. The van der Waals surface area contributed by atoms with Crippen molar-refractivity contribution in [3.05, 3.63) is 47.8 Å². The molecule has 3 rings (SSSR count). The summed E-state index contributed by atoms with van der Waals surface area (Å²) in [6.45, 7) is 0. The van der Waals surface area contributed by atoms with E-state index >= 15 is 0 Å². The Hall–Kier alpha value is -3.16. The largest absolute Gasteiger partial charge is 0.474 e. The lowest BCUT2D eigenvalue weighted by Gasteiger charge is -2.29. The van der Waals surface area contributed by atoms with E-state index < -0.39 is 0 Å². The minimum Gasteiger partial charge on any atom is -0.474 e. The van der Waals surface area contributed by atoms with Crippen LogP contribution >= 0.6 is 0 Å². The quantitative estimate of drug-likeness (QED) is 0.460. The van der Waals surface area contributed by atoms with Crippen LogP contribution in [0.15, 0.2) is 36.7 Å². The van der Waals surface area contributed by atoms with Crippen LogP contribution in [0.3, 0.4) is 0 Å². The number of rotatable bonds is 6. The van der Waals surface area contributed by atoms with Crippen LogP contribution < -0.4 is 20.9 Å². The highest BCUT2D eigenvalue weighted by Gasteiger charge is 2.25. The van der Waals surface area contributed by atoms with E-state index in [4.69, 9.17) is 31.8 Å². The van der Waals surface area contributed by atoms with Gasteiger partial charge in [0.1, 0.15) is 23.9 Å². The van der Waals surface area contributed by atoms with E-state index in [9.17, 15) is 0 Å². The number of hydrogen-bond donors (Lipinski definition) is 4. The van der Waals surface area contributed by atoms with Crippen molar-refractivity contribution in [2.45, 2.75) is 37.9 Å². The van der Waals surface area contributed by atoms with E-state index in [0.29, 0.717) is 22.9 Å². The van der Waals surface area contributed by atoms with Gasteiger partial charge in [-0.05, 0) is 31.4 Å². The van der Waals surface area contributed by atoms with Gasteiger partial charge in [-0.3, -0.25) is 10.8 Å². The molecular formula is C18H22N6O2. The zero-order chi connectivity index (χ0) is 18.5. The summed E-state index contributed by atoms with van der Waals surface area (Å²) in [6, 6.07) is 6.90. The molecule has 6 N–H and O–H groups in total. The molecule has 0 spiro atoms. The van der Waals surface area contributed by atoms with Crippen molar-refractivity contribution in [3.8, 4) is 11.8 Å². The van der Waals surface area contributed by atoms with Crippen LogP contribution in [0, 0.1) is 10.8 Å². The van der Waals surface area contributed by atoms with Crippen LogP contribution in [0.4, 0.5) is 0 Å². The Kier molecular flexibility index (Phi) is 5.31. The first-order chi connectivity index (χ1) is 12.5. The lowest BCUT2D eigenvalue weighted by Crippen LogP contribution is -2.32. The summed E-state index contributed by atoms with van der Waals surface area (Å²) in [6.07, 6.45) is 6.71. The van der Waals surface area contributed by atoms with Crippen molar-refractivity contribution < 1.29 is 9.47 Å². The van der Waals surface area contributed by atoms with Gasteiger partial charge in [0.25, 0.3) is 0 Å². The fourth-order valence-corrected chi connectivity index (χ4v) is 2.88. The fourth-order valence-electron chi connectivity index (χ4n) is 2.88. The molecule has 26 heavy (non-hydrogen) atoms. The molecular weight excluding hydrogens is 332 g/mol. The third kappa shape index (κ3) is 4.47. The van der Waals surface area contributed by atoms with Crippen molar-refractivity contribution in [2.24, 2.45) is 11.5 Å².